The topological polar surface area (TPSA) is 40.5 Å². The summed E-state index contributed by atoms with van der Waals surface area (Å²) in [6.07, 6.45) is 8.10. The highest BCUT2D eigenvalue weighted by atomic mass is 16.3. The van der Waals surface area contributed by atoms with Gasteiger partial charge in [0.15, 0.2) is 0 Å². The Balaban J connectivity index is 1.45. The van der Waals surface area contributed by atoms with Crippen molar-refractivity contribution < 1.29 is 9.90 Å². The van der Waals surface area contributed by atoms with Gasteiger partial charge < -0.3 is 10.0 Å². The maximum Gasteiger partial charge on any atom is 0.226 e. The number of aliphatic hydroxyl groups excluding tert-OH is 1. The molecule has 4 fully saturated rings. The fourth-order valence-electron chi connectivity index (χ4n) is 5.78. The molecule has 3 saturated carbocycles. The van der Waals surface area contributed by atoms with E-state index >= 15 is 0 Å². The lowest BCUT2D eigenvalue weighted by Gasteiger charge is -2.37. The van der Waals surface area contributed by atoms with Gasteiger partial charge in [0.05, 0.1) is 6.10 Å². The van der Waals surface area contributed by atoms with Gasteiger partial charge in [-0.05, 0) is 75.5 Å². The van der Waals surface area contributed by atoms with Gasteiger partial charge in [-0.1, -0.05) is 0 Å². The van der Waals surface area contributed by atoms with Crippen molar-refractivity contribution in [3.05, 3.63) is 0 Å². The molecule has 0 spiro atoms. The summed E-state index contributed by atoms with van der Waals surface area (Å²) in [5.74, 6) is 4.06. The average molecular weight is 277 g/mol. The monoisotopic (exact) mass is 277 g/mol. The van der Waals surface area contributed by atoms with Gasteiger partial charge in [-0.15, -0.1) is 0 Å². The van der Waals surface area contributed by atoms with Gasteiger partial charge in [-0.2, -0.15) is 0 Å². The van der Waals surface area contributed by atoms with Crippen molar-refractivity contribution in [1.29, 1.82) is 0 Å². The molecule has 3 heteroatoms. The number of nitrogens with zero attached hydrogens (tertiary/aromatic N) is 1. The van der Waals surface area contributed by atoms with Gasteiger partial charge in [-0.25, -0.2) is 0 Å². The van der Waals surface area contributed by atoms with Crippen LogP contribution in [0.4, 0.5) is 0 Å². The number of piperidine rings is 1. The molecule has 6 atom stereocenters. The maximum absolute atomic E-state index is 12.9. The largest absolute Gasteiger partial charge is 0.393 e. The first kappa shape index (κ1) is 13.1. The van der Waals surface area contributed by atoms with Crippen molar-refractivity contribution >= 4 is 5.91 Å². The molecule has 112 valence electrons. The minimum Gasteiger partial charge on any atom is -0.393 e. The molecule has 1 aliphatic heterocycles. The second-order valence-electron chi connectivity index (χ2n) is 7.78. The van der Waals surface area contributed by atoms with Crippen LogP contribution in [0.2, 0.25) is 0 Å². The van der Waals surface area contributed by atoms with Gasteiger partial charge >= 0.3 is 0 Å². The van der Waals surface area contributed by atoms with E-state index in [9.17, 15) is 9.90 Å². The zero-order valence-electron chi connectivity index (χ0n) is 12.5. The van der Waals surface area contributed by atoms with E-state index in [0.29, 0.717) is 17.9 Å². The molecule has 2 bridgehead atoms. The van der Waals surface area contributed by atoms with Crippen LogP contribution >= 0.6 is 0 Å². The lowest BCUT2D eigenvalue weighted by molar-refractivity contribution is -0.138. The fraction of sp³-hybridized carbons (Fsp3) is 0.941. The molecular formula is C17H27NO2. The Labute approximate surface area is 121 Å². The van der Waals surface area contributed by atoms with E-state index in [2.05, 4.69) is 4.90 Å². The number of hydrogen-bond donors (Lipinski definition) is 1. The number of carbonyl (C=O) groups is 1. The lowest BCUT2D eigenvalue weighted by Crippen LogP contribution is -2.46. The molecule has 0 aromatic heterocycles. The van der Waals surface area contributed by atoms with Crippen LogP contribution in [0.25, 0.3) is 0 Å². The first-order valence-corrected chi connectivity index (χ1v) is 8.65. The van der Waals surface area contributed by atoms with Gasteiger partial charge in [0.1, 0.15) is 0 Å². The third-order valence-corrected chi connectivity index (χ3v) is 6.54. The third kappa shape index (κ3) is 1.93. The molecule has 0 radical (unpaired) electrons. The van der Waals surface area contributed by atoms with E-state index < -0.39 is 0 Å². The van der Waals surface area contributed by atoms with Crippen LogP contribution in [0.1, 0.15) is 51.9 Å². The Morgan fingerprint density at radius 1 is 1.20 bits per heavy atom. The number of hydrogen-bond acceptors (Lipinski definition) is 2. The van der Waals surface area contributed by atoms with Gasteiger partial charge in [0.2, 0.25) is 5.91 Å². The molecule has 4 rings (SSSR count). The Morgan fingerprint density at radius 2 is 1.90 bits per heavy atom. The molecule has 4 aliphatic rings. The molecular weight excluding hydrogens is 250 g/mol. The quantitative estimate of drug-likeness (QED) is 0.860. The summed E-state index contributed by atoms with van der Waals surface area (Å²) in [4.78, 5) is 15.1. The first-order valence-electron chi connectivity index (χ1n) is 8.65. The van der Waals surface area contributed by atoms with Crippen LogP contribution in [0.15, 0.2) is 0 Å². The highest BCUT2D eigenvalue weighted by Crippen LogP contribution is 2.69. The Kier molecular flexibility index (Phi) is 3.10. The molecule has 0 aromatic carbocycles. The number of likely N-dealkylation sites (tertiary alicyclic amines) is 1. The molecule has 1 amide bonds. The van der Waals surface area contributed by atoms with Crippen LogP contribution in [-0.4, -0.2) is 34.6 Å². The van der Waals surface area contributed by atoms with E-state index in [1.165, 1.54) is 25.7 Å². The summed E-state index contributed by atoms with van der Waals surface area (Å²) in [6.45, 7) is 2.78. The second-order valence-corrected chi connectivity index (χ2v) is 7.78. The first-order chi connectivity index (χ1) is 9.66. The molecule has 20 heavy (non-hydrogen) atoms. The molecule has 0 aromatic rings. The zero-order chi connectivity index (χ0) is 13.9. The van der Waals surface area contributed by atoms with Crippen LogP contribution in [0.3, 0.4) is 0 Å². The molecule has 1 saturated heterocycles. The van der Waals surface area contributed by atoms with E-state index in [0.717, 1.165) is 49.5 Å². The standard InChI is InChI=1S/C17H27NO2/c1-10(19)8-13-4-2-3-7-18(13)17(20)16-14-11-5-6-12(9-11)15(14)16/h10-16,19H,2-9H2,1H3. The summed E-state index contributed by atoms with van der Waals surface area (Å²) >= 11 is 0. The second kappa shape index (κ2) is 4.72. The zero-order valence-corrected chi connectivity index (χ0v) is 12.5. The van der Waals surface area contributed by atoms with Gasteiger partial charge in [0.25, 0.3) is 0 Å². The number of fused-ring (bicyclic) bond motifs is 5. The number of carbonyl (C=O) groups excluding carboxylic acids is 1. The third-order valence-electron chi connectivity index (χ3n) is 6.54. The van der Waals surface area contributed by atoms with Crippen molar-refractivity contribution in [2.75, 3.05) is 6.54 Å². The number of aliphatic hydroxyl groups is 1. The fourth-order valence-corrected chi connectivity index (χ4v) is 5.78. The van der Waals surface area contributed by atoms with Crippen molar-refractivity contribution in [1.82, 2.24) is 4.90 Å². The minimum atomic E-state index is -0.289. The van der Waals surface area contributed by atoms with E-state index in [1.807, 2.05) is 6.92 Å². The van der Waals surface area contributed by atoms with E-state index in [1.54, 1.807) is 0 Å². The van der Waals surface area contributed by atoms with Gasteiger partial charge in [-0.3, -0.25) is 4.79 Å². The van der Waals surface area contributed by atoms with Crippen molar-refractivity contribution in [3.8, 4) is 0 Å². The maximum atomic E-state index is 12.9. The summed E-state index contributed by atoms with van der Waals surface area (Å²) in [6, 6.07) is 0.301. The van der Waals surface area contributed by atoms with Crippen LogP contribution < -0.4 is 0 Å². The SMILES string of the molecule is CC(O)CC1CCCCN1C(=O)C1C2C3CCC(C3)C12. The molecule has 3 nitrogen and oxygen atoms in total. The summed E-state index contributed by atoms with van der Waals surface area (Å²) in [7, 11) is 0. The van der Waals surface area contributed by atoms with E-state index in [4.69, 9.17) is 0 Å². The van der Waals surface area contributed by atoms with Crippen molar-refractivity contribution in [3.63, 3.8) is 0 Å². The molecule has 1 heterocycles. The van der Waals surface area contributed by atoms with Crippen molar-refractivity contribution in [2.45, 2.75) is 64.0 Å². The predicted octanol–water partition coefficient (Wildman–Crippen LogP) is 2.43. The molecule has 3 aliphatic carbocycles. The summed E-state index contributed by atoms with van der Waals surface area (Å²) in [5, 5.41) is 9.68. The number of amides is 1. The smallest absolute Gasteiger partial charge is 0.226 e. The average Bonchev–Trinajstić information content (AvgIpc) is 2.86. The van der Waals surface area contributed by atoms with Crippen LogP contribution in [0, 0.1) is 29.6 Å². The lowest BCUT2D eigenvalue weighted by atomic mass is 9.95. The summed E-state index contributed by atoms with van der Waals surface area (Å²) in [5.41, 5.74) is 0. The normalized spacial score (nSPS) is 47.2. The summed E-state index contributed by atoms with van der Waals surface area (Å²) < 4.78 is 0. The van der Waals surface area contributed by atoms with E-state index in [-0.39, 0.29) is 6.10 Å². The Morgan fingerprint density at radius 3 is 2.55 bits per heavy atom. The predicted molar refractivity (Wildman–Crippen MR) is 77.0 cm³/mol. The van der Waals surface area contributed by atoms with Crippen LogP contribution in [0.5, 0.6) is 0 Å². The van der Waals surface area contributed by atoms with Crippen molar-refractivity contribution in [2.24, 2.45) is 29.6 Å². The molecule has 1 N–H and O–H groups in total. The Bertz CT molecular complexity index is 392. The number of rotatable bonds is 3. The van der Waals surface area contributed by atoms with Gasteiger partial charge in [0, 0.05) is 18.5 Å². The molecule has 6 unspecified atom stereocenters. The minimum absolute atomic E-state index is 0.289. The van der Waals surface area contributed by atoms with Crippen LogP contribution in [-0.2, 0) is 4.79 Å². The Hall–Kier alpha value is -0.570. The highest BCUT2D eigenvalue weighted by molar-refractivity contribution is 5.83. The highest BCUT2D eigenvalue weighted by Gasteiger charge is 2.68.